The first-order valence-corrected chi connectivity index (χ1v) is 7.99. The summed E-state index contributed by atoms with van der Waals surface area (Å²) in [6.07, 6.45) is 4.76. The molecule has 1 amide bonds. The first-order chi connectivity index (χ1) is 9.76. The molecule has 0 bridgehead atoms. The Bertz CT molecular complexity index is 491. The Morgan fingerprint density at radius 3 is 3.10 bits per heavy atom. The molecule has 0 aliphatic carbocycles. The van der Waals surface area contributed by atoms with Crippen molar-refractivity contribution >= 4 is 17.5 Å². The number of hydrogen-bond acceptors (Lipinski definition) is 2. The van der Waals surface area contributed by atoms with E-state index in [0.717, 1.165) is 30.5 Å². The van der Waals surface area contributed by atoms with Crippen LogP contribution >= 0.6 is 11.6 Å². The molecule has 108 valence electrons. The molecule has 2 fully saturated rings. The van der Waals surface area contributed by atoms with Crippen molar-refractivity contribution in [2.45, 2.75) is 43.6 Å². The molecule has 1 N–H and O–H groups in total. The third-order valence-electron chi connectivity index (χ3n) is 4.50. The molecule has 20 heavy (non-hydrogen) atoms. The SMILES string of the molecule is O=C(NC1CCN2CCCC2C1)c1cccc(CCl)c1. The van der Waals surface area contributed by atoms with Crippen molar-refractivity contribution in [2.75, 3.05) is 13.1 Å². The average molecular weight is 293 g/mol. The smallest absolute Gasteiger partial charge is 0.251 e. The van der Waals surface area contributed by atoms with Gasteiger partial charge in [0.15, 0.2) is 0 Å². The minimum atomic E-state index is 0.0356. The summed E-state index contributed by atoms with van der Waals surface area (Å²) in [5.41, 5.74) is 1.71. The normalized spacial score (nSPS) is 26.2. The minimum Gasteiger partial charge on any atom is -0.349 e. The van der Waals surface area contributed by atoms with Crippen LogP contribution in [0.3, 0.4) is 0 Å². The van der Waals surface area contributed by atoms with Gasteiger partial charge in [-0.1, -0.05) is 12.1 Å². The van der Waals surface area contributed by atoms with Crippen LogP contribution in [0.4, 0.5) is 0 Å². The quantitative estimate of drug-likeness (QED) is 0.869. The molecule has 4 heteroatoms. The highest BCUT2D eigenvalue weighted by molar-refractivity contribution is 6.17. The number of nitrogens with zero attached hydrogens (tertiary/aromatic N) is 1. The molecule has 0 radical (unpaired) electrons. The summed E-state index contributed by atoms with van der Waals surface area (Å²) in [6.45, 7) is 2.36. The largest absolute Gasteiger partial charge is 0.349 e. The zero-order chi connectivity index (χ0) is 13.9. The lowest BCUT2D eigenvalue weighted by molar-refractivity contribution is 0.0896. The number of amides is 1. The number of benzene rings is 1. The lowest BCUT2D eigenvalue weighted by Gasteiger charge is -2.35. The second-order valence-corrected chi connectivity index (χ2v) is 6.13. The van der Waals surface area contributed by atoms with Gasteiger partial charge in [-0.15, -0.1) is 11.6 Å². The number of carbonyl (C=O) groups is 1. The summed E-state index contributed by atoms with van der Waals surface area (Å²) in [6, 6.07) is 8.58. The summed E-state index contributed by atoms with van der Waals surface area (Å²) in [5.74, 6) is 0.482. The van der Waals surface area contributed by atoms with E-state index in [4.69, 9.17) is 11.6 Å². The first kappa shape index (κ1) is 13.9. The number of carbonyl (C=O) groups excluding carboxylic acids is 1. The zero-order valence-electron chi connectivity index (χ0n) is 11.6. The molecule has 2 atom stereocenters. The third kappa shape index (κ3) is 2.99. The maximum absolute atomic E-state index is 12.3. The molecule has 2 unspecified atom stereocenters. The number of rotatable bonds is 3. The van der Waals surface area contributed by atoms with Crippen LogP contribution in [0, 0.1) is 0 Å². The molecule has 2 heterocycles. The van der Waals surface area contributed by atoms with E-state index in [1.54, 1.807) is 0 Å². The van der Waals surface area contributed by atoms with Crippen molar-refractivity contribution in [3.8, 4) is 0 Å². The molecule has 0 aromatic heterocycles. The van der Waals surface area contributed by atoms with Crippen molar-refractivity contribution in [3.63, 3.8) is 0 Å². The number of hydrogen-bond donors (Lipinski definition) is 1. The van der Waals surface area contributed by atoms with Crippen LogP contribution in [0.25, 0.3) is 0 Å². The molecule has 3 nitrogen and oxygen atoms in total. The summed E-state index contributed by atoms with van der Waals surface area (Å²) >= 11 is 5.82. The van der Waals surface area contributed by atoms with Gasteiger partial charge in [-0.25, -0.2) is 0 Å². The maximum atomic E-state index is 12.3. The van der Waals surface area contributed by atoms with E-state index in [0.29, 0.717) is 18.0 Å². The number of piperidine rings is 1. The van der Waals surface area contributed by atoms with Gasteiger partial charge in [0.2, 0.25) is 0 Å². The molecule has 0 saturated carbocycles. The van der Waals surface area contributed by atoms with E-state index >= 15 is 0 Å². The van der Waals surface area contributed by atoms with Gasteiger partial charge in [-0.2, -0.15) is 0 Å². The predicted molar refractivity (Wildman–Crippen MR) is 81.1 cm³/mol. The number of nitrogens with one attached hydrogen (secondary N) is 1. The number of alkyl halides is 1. The standard InChI is InChI=1S/C16H21ClN2O/c17-11-12-3-1-4-13(9-12)16(20)18-14-6-8-19-7-2-5-15(19)10-14/h1,3-4,9,14-15H,2,5-8,10-11H2,(H,18,20). The van der Waals surface area contributed by atoms with Crippen LogP contribution in [-0.4, -0.2) is 36.0 Å². The Hall–Kier alpha value is -1.06. The zero-order valence-corrected chi connectivity index (χ0v) is 12.4. The highest BCUT2D eigenvalue weighted by Gasteiger charge is 2.32. The molecule has 2 saturated heterocycles. The van der Waals surface area contributed by atoms with E-state index in [1.165, 1.54) is 19.4 Å². The van der Waals surface area contributed by atoms with Crippen molar-refractivity contribution in [1.82, 2.24) is 10.2 Å². The Morgan fingerprint density at radius 1 is 1.35 bits per heavy atom. The second kappa shape index (κ2) is 6.15. The fourth-order valence-electron chi connectivity index (χ4n) is 3.42. The highest BCUT2D eigenvalue weighted by atomic mass is 35.5. The van der Waals surface area contributed by atoms with Crippen LogP contribution in [0.15, 0.2) is 24.3 Å². The Morgan fingerprint density at radius 2 is 2.25 bits per heavy atom. The fourth-order valence-corrected chi connectivity index (χ4v) is 3.59. The molecule has 1 aromatic rings. The van der Waals surface area contributed by atoms with Crippen molar-refractivity contribution in [2.24, 2.45) is 0 Å². The van der Waals surface area contributed by atoms with Crippen molar-refractivity contribution in [1.29, 1.82) is 0 Å². The first-order valence-electron chi connectivity index (χ1n) is 7.46. The van der Waals surface area contributed by atoms with Gasteiger partial charge in [-0.05, 0) is 49.9 Å². The molecule has 2 aliphatic rings. The lowest BCUT2D eigenvalue weighted by atomic mass is 9.97. The van der Waals surface area contributed by atoms with Gasteiger partial charge in [-0.3, -0.25) is 4.79 Å². The van der Waals surface area contributed by atoms with E-state index in [-0.39, 0.29) is 5.91 Å². The molecule has 0 spiro atoms. The van der Waals surface area contributed by atoms with Gasteiger partial charge in [0.1, 0.15) is 0 Å². The average Bonchev–Trinajstić information content (AvgIpc) is 2.95. The maximum Gasteiger partial charge on any atom is 0.251 e. The molecular weight excluding hydrogens is 272 g/mol. The summed E-state index contributed by atoms with van der Waals surface area (Å²) in [7, 11) is 0. The molecule has 1 aromatic carbocycles. The second-order valence-electron chi connectivity index (χ2n) is 5.86. The van der Waals surface area contributed by atoms with Crippen LogP contribution in [0.1, 0.15) is 41.6 Å². The van der Waals surface area contributed by atoms with E-state index in [2.05, 4.69) is 10.2 Å². The fraction of sp³-hybridized carbons (Fsp3) is 0.562. The monoisotopic (exact) mass is 292 g/mol. The summed E-state index contributed by atoms with van der Waals surface area (Å²) in [5, 5.41) is 3.19. The van der Waals surface area contributed by atoms with Crippen molar-refractivity contribution in [3.05, 3.63) is 35.4 Å². The third-order valence-corrected chi connectivity index (χ3v) is 4.81. The van der Waals surface area contributed by atoms with Crippen LogP contribution in [-0.2, 0) is 5.88 Å². The Labute approximate surface area is 125 Å². The van der Waals surface area contributed by atoms with Crippen LogP contribution in [0.5, 0.6) is 0 Å². The Kier molecular flexibility index (Phi) is 4.27. The molecule has 2 aliphatic heterocycles. The number of fused-ring (bicyclic) bond motifs is 1. The van der Waals surface area contributed by atoms with Gasteiger partial charge in [0.25, 0.3) is 5.91 Å². The van der Waals surface area contributed by atoms with E-state index in [1.807, 2.05) is 24.3 Å². The highest BCUT2D eigenvalue weighted by Crippen LogP contribution is 2.27. The molecular formula is C16H21ClN2O. The topological polar surface area (TPSA) is 32.3 Å². The van der Waals surface area contributed by atoms with E-state index < -0.39 is 0 Å². The minimum absolute atomic E-state index is 0.0356. The van der Waals surface area contributed by atoms with Gasteiger partial charge < -0.3 is 10.2 Å². The number of halogens is 1. The van der Waals surface area contributed by atoms with Crippen LogP contribution in [0.2, 0.25) is 0 Å². The van der Waals surface area contributed by atoms with Gasteiger partial charge >= 0.3 is 0 Å². The Balaban J connectivity index is 1.61. The van der Waals surface area contributed by atoms with E-state index in [9.17, 15) is 4.79 Å². The lowest BCUT2D eigenvalue weighted by Crippen LogP contribution is -2.47. The summed E-state index contributed by atoms with van der Waals surface area (Å²) in [4.78, 5) is 14.9. The predicted octanol–water partition coefficient (Wildman–Crippen LogP) is 2.78. The van der Waals surface area contributed by atoms with Gasteiger partial charge in [0.05, 0.1) is 0 Å². The molecule has 3 rings (SSSR count). The van der Waals surface area contributed by atoms with Gasteiger partial charge in [0, 0.05) is 30.1 Å². The van der Waals surface area contributed by atoms with Crippen molar-refractivity contribution < 1.29 is 4.79 Å². The summed E-state index contributed by atoms with van der Waals surface area (Å²) < 4.78 is 0. The van der Waals surface area contributed by atoms with Crippen LogP contribution < -0.4 is 5.32 Å².